The number of rotatable bonds is 5. The maximum absolute atomic E-state index is 5.90. The molecule has 2 rings (SSSR count). The Bertz CT molecular complexity index is 364. The van der Waals surface area contributed by atoms with Crippen molar-refractivity contribution in [3.8, 4) is 5.88 Å². The van der Waals surface area contributed by atoms with E-state index in [1.54, 1.807) is 7.11 Å². The Hall–Kier alpha value is -1.29. The van der Waals surface area contributed by atoms with E-state index in [9.17, 15) is 0 Å². The summed E-state index contributed by atoms with van der Waals surface area (Å²) in [5, 5.41) is 3.46. The zero-order valence-electron chi connectivity index (χ0n) is 11.1. The fourth-order valence-electron chi connectivity index (χ4n) is 2.70. The molecular weight excluding hydrogens is 226 g/mol. The fraction of sp³-hybridized carbons (Fsp3) is 0.643. The SMILES string of the molecule is COc1cccc(NC(CN)C2CCCCC2)n1. The van der Waals surface area contributed by atoms with Crippen LogP contribution in [-0.4, -0.2) is 24.7 Å². The summed E-state index contributed by atoms with van der Waals surface area (Å²) in [5.74, 6) is 2.17. The molecule has 3 N–H and O–H groups in total. The highest BCUT2D eigenvalue weighted by molar-refractivity contribution is 5.38. The van der Waals surface area contributed by atoms with Gasteiger partial charge in [-0.2, -0.15) is 4.98 Å². The number of nitrogens with zero attached hydrogens (tertiary/aromatic N) is 1. The summed E-state index contributed by atoms with van der Waals surface area (Å²) in [6, 6.07) is 6.09. The van der Waals surface area contributed by atoms with Crippen LogP contribution in [0, 0.1) is 5.92 Å². The number of aromatic nitrogens is 1. The quantitative estimate of drug-likeness (QED) is 0.841. The van der Waals surface area contributed by atoms with Gasteiger partial charge < -0.3 is 15.8 Å². The van der Waals surface area contributed by atoms with Crippen LogP contribution in [0.1, 0.15) is 32.1 Å². The number of ether oxygens (including phenoxy) is 1. The van der Waals surface area contributed by atoms with Crippen LogP contribution < -0.4 is 15.8 Å². The molecule has 0 aliphatic heterocycles. The lowest BCUT2D eigenvalue weighted by Gasteiger charge is -2.30. The Labute approximate surface area is 109 Å². The highest BCUT2D eigenvalue weighted by Gasteiger charge is 2.22. The highest BCUT2D eigenvalue weighted by atomic mass is 16.5. The molecule has 100 valence electrons. The van der Waals surface area contributed by atoms with Crippen LogP contribution in [0.2, 0.25) is 0 Å². The Morgan fingerprint density at radius 1 is 1.39 bits per heavy atom. The number of anilines is 1. The summed E-state index contributed by atoms with van der Waals surface area (Å²) < 4.78 is 5.13. The third kappa shape index (κ3) is 3.35. The van der Waals surface area contributed by atoms with E-state index < -0.39 is 0 Å². The van der Waals surface area contributed by atoms with Crippen LogP contribution >= 0.6 is 0 Å². The normalized spacial score (nSPS) is 18.3. The molecule has 1 aliphatic rings. The monoisotopic (exact) mass is 249 g/mol. The summed E-state index contributed by atoms with van der Waals surface area (Å²) in [7, 11) is 1.63. The Morgan fingerprint density at radius 2 is 2.17 bits per heavy atom. The smallest absolute Gasteiger partial charge is 0.214 e. The van der Waals surface area contributed by atoms with Gasteiger partial charge in [-0.25, -0.2) is 0 Å². The first-order chi connectivity index (χ1) is 8.83. The summed E-state index contributed by atoms with van der Waals surface area (Å²) in [6.07, 6.45) is 6.58. The molecule has 0 saturated heterocycles. The van der Waals surface area contributed by atoms with Crippen molar-refractivity contribution < 1.29 is 4.74 Å². The third-order valence-electron chi connectivity index (χ3n) is 3.74. The molecule has 0 spiro atoms. The zero-order chi connectivity index (χ0) is 12.8. The average Bonchev–Trinajstić information content (AvgIpc) is 2.46. The van der Waals surface area contributed by atoms with E-state index in [-0.39, 0.29) is 0 Å². The van der Waals surface area contributed by atoms with Crippen LogP contribution in [0.25, 0.3) is 0 Å². The zero-order valence-corrected chi connectivity index (χ0v) is 11.1. The second-order valence-corrected chi connectivity index (χ2v) is 4.95. The molecule has 0 aromatic carbocycles. The molecule has 0 radical (unpaired) electrons. The molecule has 1 atom stereocenters. The third-order valence-corrected chi connectivity index (χ3v) is 3.74. The van der Waals surface area contributed by atoms with Crippen molar-refractivity contribution >= 4 is 5.82 Å². The summed E-state index contributed by atoms with van der Waals surface area (Å²) in [4.78, 5) is 4.38. The van der Waals surface area contributed by atoms with Gasteiger partial charge in [0.15, 0.2) is 0 Å². The first-order valence-corrected chi connectivity index (χ1v) is 6.81. The number of hydrogen-bond donors (Lipinski definition) is 2. The molecule has 1 aromatic rings. The lowest BCUT2D eigenvalue weighted by Crippen LogP contribution is -2.37. The number of pyridine rings is 1. The minimum Gasteiger partial charge on any atom is -0.481 e. The molecule has 0 bridgehead atoms. The van der Waals surface area contributed by atoms with Crippen molar-refractivity contribution in [2.24, 2.45) is 11.7 Å². The summed E-state index contributed by atoms with van der Waals surface area (Å²) >= 11 is 0. The number of methoxy groups -OCH3 is 1. The summed E-state index contributed by atoms with van der Waals surface area (Å²) in [5.41, 5.74) is 5.90. The van der Waals surface area contributed by atoms with Crippen LogP contribution in [0.4, 0.5) is 5.82 Å². The van der Waals surface area contributed by atoms with Crippen molar-refractivity contribution in [3.05, 3.63) is 18.2 Å². The van der Waals surface area contributed by atoms with Gasteiger partial charge in [0.1, 0.15) is 5.82 Å². The van der Waals surface area contributed by atoms with E-state index in [0.717, 1.165) is 5.82 Å². The first-order valence-electron chi connectivity index (χ1n) is 6.81. The van der Waals surface area contributed by atoms with Gasteiger partial charge in [0.25, 0.3) is 0 Å². The van der Waals surface area contributed by atoms with E-state index in [1.807, 2.05) is 18.2 Å². The largest absolute Gasteiger partial charge is 0.481 e. The predicted molar refractivity (Wildman–Crippen MR) is 73.8 cm³/mol. The van der Waals surface area contributed by atoms with Crippen LogP contribution in [0.5, 0.6) is 5.88 Å². The topological polar surface area (TPSA) is 60.2 Å². The molecule has 1 saturated carbocycles. The van der Waals surface area contributed by atoms with E-state index in [0.29, 0.717) is 24.4 Å². The molecule has 18 heavy (non-hydrogen) atoms. The second-order valence-electron chi connectivity index (χ2n) is 4.95. The Balaban J connectivity index is 1.99. The van der Waals surface area contributed by atoms with Gasteiger partial charge in [0, 0.05) is 18.7 Å². The minimum atomic E-state index is 0.324. The van der Waals surface area contributed by atoms with Crippen LogP contribution in [0.15, 0.2) is 18.2 Å². The van der Waals surface area contributed by atoms with E-state index >= 15 is 0 Å². The van der Waals surface area contributed by atoms with E-state index in [2.05, 4.69) is 10.3 Å². The molecule has 4 nitrogen and oxygen atoms in total. The van der Waals surface area contributed by atoms with Gasteiger partial charge in [0.05, 0.1) is 7.11 Å². The van der Waals surface area contributed by atoms with Crippen molar-refractivity contribution in [1.82, 2.24) is 4.98 Å². The van der Waals surface area contributed by atoms with Crippen molar-refractivity contribution in [2.75, 3.05) is 19.0 Å². The molecule has 1 unspecified atom stereocenters. The van der Waals surface area contributed by atoms with Gasteiger partial charge in [-0.1, -0.05) is 25.3 Å². The lowest BCUT2D eigenvalue weighted by atomic mass is 9.84. The van der Waals surface area contributed by atoms with Crippen molar-refractivity contribution in [1.29, 1.82) is 0 Å². The van der Waals surface area contributed by atoms with Gasteiger partial charge in [-0.15, -0.1) is 0 Å². The minimum absolute atomic E-state index is 0.324. The summed E-state index contributed by atoms with van der Waals surface area (Å²) in [6.45, 7) is 0.656. The average molecular weight is 249 g/mol. The van der Waals surface area contributed by atoms with Crippen LogP contribution in [0.3, 0.4) is 0 Å². The predicted octanol–water partition coefficient (Wildman–Crippen LogP) is 2.41. The molecule has 0 amide bonds. The molecule has 1 aromatic heterocycles. The maximum atomic E-state index is 5.90. The van der Waals surface area contributed by atoms with Gasteiger partial charge in [-0.05, 0) is 24.8 Å². The number of nitrogens with one attached hydrogen (secondary N) is 1. The number of hydrogen-bond acceptors (Lipinski definition) is 4. The second kappa shape index (κ2) is 6.59. The molecule has 1 fully saturated rings. The highest BCUT2D eigenvalue weighted by Crippen LogP contribution is 2.27. The molecular formula is C14H23N3O. The van der Waals surface area contributed by atoms with Crippen molar-refractivity contribution in [2.45, 2.75) is 38.1 Å². The van der Waals surface area contributed by atoms with Crippen LogP contribution in [-0.2, 0) is 0 Å². The molecule has 1 aliphatic carbocycles. The van der Waals surface area contributed by atoms with Crippen molar-refractivity contribution in [3.63, 3.8) is 0 Å². The Kier molecular flexibility index (Phi) is 4.81. The van der Waals surface area contributed by atoms with Gasteiger partial charge in [0.2, 0.25) is 5.88 Å². The number of nitrogens with two attached hydrogens (primary N) is 1. The van der Waals surface area contributed by atoms with Gasteiger partial charge >= 0.3 is 0 Å². The fourth-order valence-corrected chi connectivity index (χ4v) is 2.70. The maximum Gasteiger partial charge on any atom is 0.214 e. The van der Waals surface area contributed by atoms with E-state index in [1.165, 1.54) is 32.1 Å². The lowest BCUT2D eigenvalue weighted by molar-refractivity contribution is 0.320. The Morgan fingerprint density at radius 3 is 2.83 bits per heavy atom. The van der Waals surface area contributed by atoms with E-state index in [4.69, 9.17) is 10.5 Å². The first kappa shape index (κ1) is 13.1. The molecule has 4 heteroatoms. The molecule has 1 heterocycles. The van der Waals surface area contributed by atoms with Gasteiger partial charge in [-0.3, -0.25) is 0 Å². The standard InChI is InChI=1S/C14H23N3O/c1-18-14-9-5-8-13(17-14)16-12(10-15)11-6-3-2-4-7-11/h5,8-9,11-12H,2-4,6-7,10,15H2,1H3,(H,16,17).